The zero-order valence-electron chi connectivity index (χ0n) is 7.49. The lowest BCUT2D eigenvalue weighted by molar-refractivity contribution is -0.605. The second-order valence-electron chi connectivity index (χ2n) is 2.80. The highest BCUT2D eigenvalue weighted by Gasteiger charge is 1.95. The normalized spacial score (nSPS) is 9.62. The first-order valence-electron chi connectivity index (χ1n) is 4.10. The van der Waals surface area contributed by atoms with Crippen LogP contribution in [0.3, 0.4) is 0 Å². The van der Waals surface area contributed by atoms with E-state index >= 15 is 0 Å². The van der Waals surface area contributed by atoms with Crippen LogP contribution in [0.4, 0.5) is 0 Å². The van der Waals surface area contributed by atoms with Gasteiger partial charge in [0.15, 0.2) is 12.4 Å². The number of carbonyl (C=O) groups is 1. The molecule has 0 fully saturated rings. The van der Waals surface area contributed by atoms with E-state index < -0.39 is 0 Å². The first-order valence-corrected chi connectivity index (χ1v) is 4.10. The molecule has 0 aliphatic carbocycles. The standard InChI is InChI=1S/C9H12N2O2/c1-8(12)10-5-2-9-3-6-11(13)7-4-9/h3-4,6-7H,2,5H2,1H3,(H,10,12). The number of hydrogen-bond acceptors (Lipinski definition) is 2. The predicted octanol–water partition coefficient (Wildman–Crippen LogP) is -0.00140. The summed E-state index contributed by atoms with van der Waals surface area (Å²) in [5.41, 5.74) is 1.04. The molecule has 1 aromatic rings. The summed E-state index contributed by atoms with van der Waals surface area (Å²) in [6.45, 7) is 2.09. The third-order valence-electron chi connectivity index (χ3n) is 1.66. The Balaban J connectivity index is 2.37. The van der Waals surface area contributed by atoms with Crippen molar-refractivity contribution in [2.45, 2.75) is 13.3 Å². The van der Waals surface area contributed by atoms with Gasteiger partial charge in [0.1, 0.15) is 0 Å². The summed E-state index contributed by atoms with van der Waals surface area (Å²) in [7, 11) is 0. The lowest BCUT2D eigenvalue weighted by atomic mass is 10.2. The van der Waals surface area contributed by atoms with Gasteiger partial charge >= 0.3 is 0 Å². The Hall–Kier alpha value is -1.58. The molecule has 4 nitrogen and oxygen atoms in total. The van der Waals surface area contributed by atoms with Gasteiger partial charge in [-0.2, -0.15) is 4.73 Å². The summed E-state index contributed by atoms with van der Waals surface area (Å²) < 4.78 is 0.738. The van der Waals surface area contributed by atoms with E-state index in [-0.39, 0.29) is 5.91 Å². The minimum atomic E-state index is -0.0326. The molecule has 1 heterocycles. The minimum Gasteiger partial charge on any atom is -0.619 e. The topological polar surface area (TPSA) is 56.0 Å². The van der Waals surface area contributed by atoms with Crippen molar-refractivity contribution in [2.24, 2.45) is 0 Å². The van der Waals surface area contributed by atoms with E-state index in [0.29, 0.717) is 6.54 Å². The molecule has 0 unspecified atom stereocenters. The first kappa shape index (κ1) is 9.51. The van der Waals surface area contributed by atoms with Gasteiger partial charge in [0, 0.05) is 25.6 Å². The molecule has 1 N–H and O–H groups in total. The highest BCUT2D eigenvalue weighted by Crippen LogP contribution is 1.94. The molecular formula is C9H12N2O2. The lowest BCUT2D eigenvalue weighted by Gasteiger charge is -2.01. The lowest BCUT2D eigenvalue weighted by Crippen LogP contribution is -2.25. The highest BCUT2D eigenvalue weighted by molar-refractivity contribution is 5.72. The molecule has 1 rings (SSSR count). The SMILES string of the molecule is CC(=O)NCCc1cc[n+]([O-])cc1. The summed E-state index contributed by atoms with van der Waals surface area (Å²) in [4.78, 5) is 10.5. The molecular weight excluding hydrogens is 168 g/mol. The van der Waals surface area contributed by atoms with Crippen LogP contribution in [0.5, 0.6) is 0 Å². The summed E-state index contributed by atoms with van der Waals surface area (Å²) >= 11 is 0. The van der Waals surface area contributed by atoms with E-state index in [1.165, 1.54) is 19.3 Å². The number of hydrogen-bond donors (Lipinski definition) is 1. The molecule has 4 heteroatoms. The van der Waals surface area contributed by atoms with Crippen LogP contribution in [-0.2, 0) is 11.2 Å². The molecule has 0 saturated heterocycles. The van der Waals surface area contributed by atoms with Crippen molar-refractivity contribution in [3.63, 3.8) is 0 Å². The van der Waals surface area contributed by atoms with Crippen LogP contribution in [-0.4, -0.2) is 12.5 Å². The number of rotatable bonds is 3. The van der Waals surface area contributed by atoms with Gasteiger partial charge in [0.25, 0.3) is 0 Å². The van der Waals surface area contributed by atoms with E-state index in [0.717, 1.165) is 16.7 Å². The van der Waals surface area contributed by atoms with Crippen LogP contribution >= 0.6 is 0 Å². The van der Waals surface area contributed by atoms with Crippen molar-refractivity contribution in [2.75, 3.05) is 6.54 Å². The zero-order chi connectivity index (χ0) is 9.68. The molecule has 1 aromatic heterocycles. The van der Waals surface area contributed by atoms with Gasteiger partial charge in [-0.3, -0.25) is 4.79 Å². The number of pyridine rings is 1. The quantitative estimate of drug-likeness (QED) is 0.525. The molecule has 0 spiro atoms. The monoisotopic (exact) mass is 180 g/mol. The Kier molecular flexibility index (Phi) is 3.25. The molecule has 0 radical (unpaired) electrons. The molecule has 13 heavy (non-hydrogen) atoms. The van der Waals surface area contributed by atoms with E-state index in [1.54, 1.807) is 12.1 Å². The molecule has 0 aromatic carbocycles. The number of nitrogens with zero attached hydrogens (tertiary/aromatic N) is 1. The van der Waals surface area contributed by atoms with Gasteiger partial charge in [0.05, 0.1) is 0 Å². The van der Waals surface area contributed by atoms with Crippen molar-refractivity contribution >= 4 is 5.91 Å². The molecule has 0 bridgehead atoms. The fraction of sp³-hybridized carbons (Fsp3) is 0.333. The number of nitrogens with one attached hydrogen (secondary N) is 1. The summed E-state index contributed by atoms with van der Waals surface area (Å²) in [5, 5.41) is 13.3. The average Bonchev–Trinajstić information content (AvgIpc) is 2.08. The molecule has 0 aliphatic heterocycles. The van der Waals surface area contributed by atoms with Crippen LogP contribution in [0.2, 0.25) is 0 Å². The van der Waals surface area contributed by atoms with E-state index in [4.69, 9.17) is 0 Å². The first-order chi connectivity index (χ1) is 6.18. The van der Waals surface area contributed by atoms with E-state index in [2.05, 4.69) is 5.32 Å². The maximum atomic E-state index is 10.7. The van der Waals surface area contributed by atoms with Gasteiger partial charge in [-0.15, -0.1) is 0 Å². The molecule has 70 valence electrons. The Labute approximate surface area is 76.8 Å². The van der Waals surface area contributed by atoms with Crippen molar-refractivity contribution in [1.82, 2.24) is 5.32 Å². The highest BCUT2D eigenvalue weighted by atomic mass is 16.5. The van der Waals surface area contributed by atoms with Gasteiger partial charge in [-0.05, 0) is 12.0 Å². The molecule has 0 saturated carbocycles. The number of aromatic nitrogens is 1. The van der Waals surface area contributed by atoms with Crippen LogP contribution in [0.15, 0.2) is 24.5 Å². The minimum absolute atomic E-state index is 0.0326. The Morgan fingerprint density at radius 2 is 2.15 bits per heavy atom. The Morgan fingerprint density at radius 1 is 1.54 bits per heavy atom. The van der Waals surface area contributed by atoms with E-state index in [9.17, 15) is 10.0 Å². The van der Waals surface area contributed by atoms with Crippen molar-refractivity contribution < 1.29 is 9.52 Å². The van der Waals surface area contributed by atoms with Crippen LogP contribution in [0.25, 0.3) is 0 Å². The third kappa shape index (κ3) is 3.55. The second-order valence-corrected chi connectivity index (χ2v) is 2.80. The van der Waals surface area contributed by atoms with Gasteiger partial charge in [0.2, 0.25) is 5.91 Å². The molecule has 1 amide bonds. The molecule has 0 atom stereocenters. The largest absolute Gasteiger partial charge is 0.619 e. The maximum Gasteiger partial charge on any atom is 0.216 e. The van der Waals surface area contributed by atoms with Crippen LogP contribution in [0, 0.1) is 5.21 Å². The van der Waals surface area contributed by atoms with Gasteiger partial charge in [-0.1, -0.05) is 0 Å². The van der Waals surface area contributed by atoms with Gasteiger partial charge in [-0.25, -0.2) is 0 Å². The fourth-order valence-corrected chi connectivity index (χ4v) is 0.993. The maximum absolute atomic E-state index is 10.7. The number of amides is 1. The number of carbonyl (C=O) groups excluding carboxylic acids is 1. The Morgan fingerprint density at radius 3 is 2.69 bits per heavy atom. The predicted molar refractivity (Wildman–Crippen MR) is 47.8 cm³/mol. The smallest absolute Gasteiger partial charge is 0.216 e. The van der Waals surface area contributed by atoms with Crippen molar-refractivity contribution in [1.29, 1.82) is 0 Å². The average molecular weight is 180 g/mol. The van der Waals surface area contributed by atoms with E-state index in [1.807, 2.05) is 0 Å². The summed E-state index contributed by atoms with van der Waals surface area (Å²) in [6, 6.07) is 3.49. The second kappa shape index (κ2) is 4.45. The van der Waals surface area contributed by atoms with Crippen molar-refractivity contribution in [3.05, 3.63) is 35.3 Å². The summed E-state index contributed by atoms with van der Waals surface area (Å²) in [5.74, 6) is -0.0326. The zero-order valence-corrected chi connectivity index (χ0v) is 7.49. The molecule has 0 aliphatic rings. The Bertz CT molecular complexity index is 282. The summed E-state index contributed by atoms with van der Waals surface area (Å²) in [6.07, 6.45) is 3.65. The third-order valence-corrected chi connectivity index (χ3v) is 1.66. The van der Waals surface area contributed by atoms with Crippen molar-refractivity contribution in [3.8, 4) is 0 Å². The van der Waals surface area contributed by atoms with Gasteiger partial charge < -0.3 is 10.5 Å². The fourth-order valence-electron chi connectivity index (χ4n) is 0.993. The van der Waals surface area contributed by atoms with Crippen LogP contribution < -0.4 is 10.0 Å². The van der Waals surface area contributed by atoms with Crippen LogP contribution in [0.1, 0.15) is 12.5 Å².